The van der Waals surface area contributed by atoms with Crippen molar-refractivity contribution in [1.29, 1.82) is 0 Å². The molecule has 0 aromatic heterocycles. The van der Waals surface area contributed by atoms with E-state index in [0.29, 0.717) is 6.61 Å². The fourth-order valence-electron chi connectivity index (χ4n) is 2.55. The third-order valence-corrected chi connectivity index (χ3v) is 3.56. The average molecular weight is 245 g/mol. The summed E-state index contributed by atoms with van der Waals surface area (Å²) in [6, 6.07) is 6.24. The van der Waals surface area contributed by atoms with Crippen LogP contribution in [0.15, 0.2) is 24.3 Å². The second kappa shape index (κ2) is 5.12. The first-order valence-electron chi connectivity index (χ1n) is 6.54. The van der Waals surface area contributed by atoms with Crippen LogP contribution >= 0.6 is 0 Å². The van der Waals surface area contributed by atoms with Crippen LogP contribution in [0.2, 0.25) is 0 Å². The molecule has 0 amide bonds. The maximum absolute atomic E-state index is 5.94. The fourth-order valence-corrected chi connectivity index (χ4v) is 2.55. The van der Waals surface area contributed by atoms with Crippen LogP contribution in [0.1, 0.15) is 11.1 Å². The average Bonchev–Trinajstić information content (AvgIpc) is 2.85. The van der Waals surface area contributed by atoms with Crippen molar-refractivity contribution in [3.05, 3.63) is 35.4 Å². The zero-order valence-electron chi connectivity index (χ0n) is 10.8. The standard InChI is InChI=1S/C15H19NO2/c1-16-8-9-17-13(10-16)11-18-15-7-3-5-12-4-2-6-14(12)15/h2-5,7,13H,6,8-11H2,1H3. The third kappa shape index (κ3) is 2.42. The lowest BCUT2D eigenvalue weighted by molar-refractivity contribution is -0.0404. The zero-order chi connectivity index (χ0) is 12.4. The van der Waals surface area contributed by atoms with E-state index in [1.54, 1.807) is 0 Å². The SMILES string of the molecule is CN1CCOC(COc2cccc3c2CC=C3)C1. The predicted molar refractivity (Wildman–Crippen MR) is 71.9 cm³/mol. The summed E-state index contributed by atoms with van der Waals surface area (Å²) in [4.78, 5) is 2.29. The van der Waals surface area contributed by atoms with Crippen molar-refractivity contribution in [1.82, 2.24) is 4.90 Å². The normalized spacial score (nSPS) is 23.1. The predicted octanol–water partition coefficient (Wildman–Crippen LogP) is 1.97. The monoisotopic (exact) mass is 245 g/mol. The van der Waals surface area contributed by atoms with E-state index in [4.69, 9.17) is 9.47 Å². The van der Waals surface area contributed by atoms with Gasteiger partial charge in [0.1, 0.15) is 18.5 Å². The molecule has 1 unspecified atom stereocenters. The van der Waals surface area contributed by atoms with Crippen LogP contribution in [0.3, 0.4) is 0 Å². The Morgan fingerprint density at radius 2 is 2.39 bits per heavy atom. The largest absolute Gasteiger partial charge is 0.491 e. The van der Waals surface area contributed by atoms with E-state index < -0.39 is 0 Å². The summed E-state index contributed by atoms with van der Waals surface area (Å²) in [7, 11) is 2.12. The highest BCUT2D eigenvalue weighted by atomic mass is 16.5. The molecule has 0 spiro atoms. The number of ether oxygens (including phenoxy) is 2. The van der Waals surface area contributed by atoms with E-state index in [0.717, 1.165) is 31.9 Å². The molecule has 0 bridgehead atoms. The topological polar surface area (TPSA) is 21.7 Å². The minimum atomic E-state index is 0.189. The molecule has 2 aliphatic rings. The molecular formula is C15H19NO2. The van der Waals surface area contributed by atoms with Crippen molar-refractivity contribution in [3.63, 3.8) is 0 Å². The van der Waals surface area contributed by atoms with Crippen molar-refractivity contribution in [2.75, 3.05) is 33.4 Å². The highest BCUT2D eigenvalue weighted by molar-refractivity contribution is 5.63. The zero-order valence-corrected chi connectivity index (χ0v) is 10.8. The van der Waals surface area contributed by atoms with Crippen molar-refractivity contribution in [2.45, 2.75) is 12.5 Å². The Morgan fingerprint density at radius 3 is 3.28 bits per heavy atom. The smallest absolute Gasteiger partial charge is 0.123 e. The Labute approximate surface area is 108 Å². The number of likely N-dealkylation sites (N-methyl/N-ethyl adjacent to an activating group) is 1. The van der Waals surface area contributed by atoms with E-state index >= 15 is 0 Å². The van der Waals surface area contributed by atoms with Crippen LogP contribution in [-0.2, 0) is 11.2 Å². The second-order valence-electron chi connectivity index (χ2n) is 5.00. The molecule has 18 heavy (non-hydrogen) atoms. The van der Waals surface area contributed by atoms with Gasteiger partial charge in [0, 0.05) is 18.7 Å². The molecule has 0 radical (unpaired) electrons. The maximum Gasteiger partial charge on any atom is 0.123 e. The van der Waals surface area contributed by atoms with Gasteiger partial charge in [0.15, 0.2) is 0 Å². The fraction of sp³-hybridized carbons (Fsp3) is 0.467. The van der Waals surface area contributed by atoms with Gasteiger partial charge < -0.3 is 14.4 Å². The van der Waals surface area contributed by atoms with Gasteiger partial charge >= 0.3 is 0 Å². The summed E-state index contributed by atoms with van der Waals surface area (Å²) in [5.41, 5.74) is 2.59. The molecule has 0 saturated carbocycles. The van der Waals surface area contributed by atoms with Gasteiger partial charge in [0.25, 0.3) is 0 Å². The molecule has 0 N–H and O–H groups in total. The van der Waals surface area contributed by atoms with Gasteiger partial charge in [0.2, 0.25) is 0 Å². The van der Waals surface area contributed by atoms with Crippen LogP contribution in [0.4, 0.5) is 0 Å². The minimum absolute atomic E-state index is 0.189. The van der Waals surface area contributed by atoms with Crippen molar-refractivity contribution in [3.8, 4) is 5.75 Å². The van der Waals surface area contributed by atoms with E-state index in [1.165, 1.54) is 11.1 Å². The summed E-state index contributed by atoms with van der Waals surface area (Å²) in [5.74, 6) is 1.01. The third-order valence-electron chi connectivity index (χ3n) is 3.56. The van der Waals surface area contributed by atoms with Crippen LogP contribution in [0.5, 0.6) is 5.75 Å². The number of fused-ring (bicyclic) bond motifs is 1. The highest BCUT2D eigenvalue weighted by Crippen LogP contribution is 2.28. The number of nitrogens with zero attached hydrogens (tertiary/aromatic N) is 1. The summed E-state index contributed by atoms with van der Waals surface area (Å²) in [5, 5.41) is 0. The van der Waals surface area contributed by atoms with Crippen LogP contribution in [0, 0.1) is 0 Å². The lowest BCUT2D eigenvalue weighted by Gasteiger charge is -2.30. The lowest BCUT2D eigenvalue weighted by Crippen LogP contribution is -2.42. The molecule has 1 heterocycles. The quantitative estimate of drug-likeness (QED) is 0.812. The minimum Gasteiger partial charge on any atom is -0.491 e. The van der Waals surface area contributed by atoms with Crippen LogP contribution < -0.4 is 4.74 Å². The molecule has 1 aromatic carbocycles. The highest BCUT2D eigenvalue weighted by Gasteiger charge is 2.19. The summed E-state index contributed by atoms with van der Waals surface area (Å²) >= 11 is 0. The first kappa shape index (κ1) is 11.8. The van der Waals surface area contributed by atoms with Gasteiger partial charge in [-0.1, -0.05) is 24.3 Å². The number of hydrogen-bond donors (Lipinski definition) is 0. The Morgan fingerprint density at radius 1 is 1.44 bits per heavy atom. The molecule has 96 valence electrons. The number of allylic oxidation sites excluding steroid dienone is 1. The number of hydrogen-bond acceptors (Lipinski definition) is 3. The number of benzene rings is 1. The summed E-state index contributed by atoms with van der Waals surface area (Å²) in [6.45, 7) is 3.41. The molecular weight excluding hydrogens is 226 g/mol. The first-order chi connectivity index (χ1) is 8.83. The molecule has 1 aliphatic heterocycles. The Bertz CT molecular complexity index is 456. The summed E-state index contributed by atoms with van der Waals surface area (Å²) in [6.07, 6.45) is 5.51. The Balaban J connectivity index is 1.62. The van der Waals surface area contributed by atoms with Gasteiger partial charge in [-0.2, -0.15) is 0 Å². The van der Waals surface area contributed by atoms with Crippen LogP contribution in [-0.4, -0.2) is 44.4 Å². The van der Waals surface area contributed by atoms with Crippen molar-refractivity contribution >= 4 is 6.08 Å². The van der Waals surface area contributed by atoms with Gasteiger partial charge in [-0.15, -0.1) is 0 Å². The molecule has 1 aromatic rings. The van der Waals surface area contributed by atoms with Crippen molar-refractivity contribution in [2.24, 2.45) is 0 Å². The Kier molecular flexibility index (Phi) is 3.35. The number of morpholine rings is 1. The maximum atomic E-state index is 5.94. The molecule has 3 rings (SSSR count). The van der Waals surface area contributed by atoms with Crippen molar-refractivity contribution < 1.29 is 9.47 Å². The van der Waals surface area contributed by atoms with E-state index in [2.05, 4.69) is 42.3 Å². The molecule has 1 saturated heterocycles. The molecule has 1 fully saturated rings. The Hall–Kier alpha value is -1.32. The summed E-state index contributed by atoms with van der Waals surface area (Å²) < 4.78 is 11.7. The van der Waals surface area contributed by atoms with Gasteiger partial charge in [0.05, 0.1) is 6.61 Å². The van der Waals surface area contributed by atoms with Gasteiger partial charge in [-0.25, -0.2) is 0 Å². The molecule has 3 heteroatoms. The van der Waals surface area contributed by atoms with E-state index in [1.807, 2.05) is 0 Å². The van der Waals surface area contributed by atoms with E-state index in [-0.39, 0.29) is 6.10 Å². The molecule has 3 nitrogen and oxygen atoms in total. The molecule has 1 atom stereocenters. The number of rotatable bonds is 3. The van der Waals surface area contributed by atoms with Crippen LogP contribution in [0.25, 0.3) is 6.08 Å². The lowest BCUT2D eigenvalue weighted by atomic mass is 10.1. The van der Waals surface area contributed by atoms with Gasteiger partial charge in [-0.05, 0) is 25.1 Å². The van der Waals surface area contributed by atoms with Gasteiger partial charge in [-0.3, -0.25) is 0 Å². The first-order valence-corrected chi connectivity index (χ1v) is 6.54. The molecule has 1 aliphatic carbocycles. The van der Waals surface area contributed by atoms with E-state index in [9.17, 15) is 0 Å². The second-order valence-corrected chi connectivity index (χ2v) is 5.00.